The van der Waals surface area contributed by atoms with Crippen molar-refractivity contribution in [2.45, 2.75) is 18.9 Å². The second kappa shape index (κ2) is 6.07. The van der Waals surface area contributed by atoms with Gasteiger partial charge in [-0.1, -0.05) is 12.2 Å². The van der Waals surface area contributed by atoms with Crippen molar-refractivity contribution in [3.8, 4) is 0 Å². The SMILES string of the molecule is COC(=O)OC[C@@H]1C=C[C@H](n2nc3nc(N)[nH]c(=O)c3n2)CC1. The molecule has 0 fully saturated rings. The van der Waals surface area contributed by atoms with Gasteiger partial charge in [0.2, 0.25) is 11.6 Å². The molecule has 2 heterocycles. The molecule has 0 aromatic carbocycles. The van der Waals surface area contributed by atoms with E-state index in [1.165, 1.54) is 11.9 Å². The van der Waals surface area contributed by atoms with E-state index in [4.69, 9.17) is 10.5 Å². The molecule has 23 heavy (non-hydrogen) atoms. The largest absolute Gasteiger partial charge is 0.507 e. The molecule has 0 radical (unpaired) electrons. The highest BCUT2D eigenvalue weighted by atomic mass is 16.7. The van der Waals surface area contributed by atoms with E-state index in [9.17, 15) is 9.59 Å². The Hall–Kier alpha value is -2.91. The minimum Gasteiger partial charge on any atom is -0.438 e. The molecule has 122 valence electrons. The van der Waals surface area contributed by atoms with Gasteiger partial charge in [-0.25, -0.2) is 4.79 Å². The molecule has 0 aliphatic heterocycles. The van der Waals surface area contributed by atoms with E-state index in [-0.39, 0.29) is 35.7 Å². The number of aromatic amines is 1. The molecule has 0 bridgehead atoms. The fourth-order valence-corrected chi connectivity index (χ4v) is 2.43. The molecule has 1 aliphatic rings. The molecule has 2 aromatic heterocycles. The van der Waals surface area contributed by atoms with Crippen molar-refractivity contribution in [2.75, 3.05) is 19.5 Å². The molecule has 3 N–H and O–H groups in total. The molecule has 10 nitrogen and oxygen atoms in total. The van der Waals surface area contributed by atoms with Crippen LogP contribution in [0.1, 0.15) is 18.9 Å². The number of carbonyl (C=O) groups is 1. The van der Waals surface area contributed by atoms with Crippen molar-refractivity contribution in [1.82, 2.24) is 25.0 Å². The number of allylic oxidation sites excluding steroid dienone is 1. The summed E-state index contributed by atoms with van der Waals surface area (Å²) in [7, 11) is 1.27. The van der Waals surface area contributed by atoms with Gasteiger partial charge in [0, 0.05) is 5.92 Å². The van der Waals surface area contributed by atoms with Crippen LogP contribution in [-0.4, -0.2) is 44.8 Å². The summed E-state index contributed by atoms with van der Waals surface area (Å²) in [5.41, 5.74) is 5.45. The summed E-state index contributed by atoms with van der Waals surface area (Å²) < 4.78 is 9.36. The quantitative estimate of drug-likeness (QED) is 0.611. The summed E-state index contributed by atoms with van der Waals surface area (Å²) in [4.78, 5) is 30.5. The number of nitrogens with zero attached hydrogens (tertiary/aromatic N) is 4. The zero-order valence-corrected chi connectivity index (χ0v) is 12.4. The number of anilines is 1. The number of nitrogens with one attached hydrogen (secondary N) is 1. The van der Waals surface area contributed by atoms with Gasteiger partial charge in [-0.15, -0.1) is 10.2 Å². The van der Waals surface area contributed by atoms with Crippen LogP contribution in [0.25, 0.3) is 11.2 Å². The zero-order chi connectivity index (χ0) is 16.4. The number of nitrogens with two attached hydrogens (primary N) is 1. The van der Waals surface area contributed by atoms with Crippen molar-refractivity contribution in [3.05, 3.63) is 22.5 Å². The molecule has 0 unspecified atom stereocenters. The Morgan fingerprint density at radius 3 is 2.96 bits per heavy atom. The second-order valence-corrected chi connectivity index (χ2v) is 5.20. The number of rotatable bonds is 3. The van der Waals surface area contributed by atoms with Crippen molar-refractivity contribution < 1.29 is 14.3 Å². The van der Waals surface area contributed by atoms with Crippen molar-refractivity contribution in [1.29, 1.82) is 0 Å². The summed E-state index contributed by atoms with van der Waals surface area (Å²) >= 11 is 0. The van der Waals surface area contributed by atoms with Crippen LogP contribution in [0.2, 0.25) is 0 Å². The Kier molecular flexibility index (Phi) is 3.96. The first-order valence-electron chi connectivity index (χ1n) is 7.08. The average molecular weight is 320 g/mol. The molecule has 0 saturated heterocycles. The standard InChI is InChI=1S/C13H16N6O4/c1-22-13(21)23-6-7-2-4-8(5-3-7)19-17-9-10(18-19)15-12(14)16-11(9)20/h2,4,7-8H,3,5-6H2,1H3,(H3,14,15,16,18,20)/t7-,8+/m1/s1. The molecule has 2 atom stereocenters. The summed E-state index contributed by atoms with van der Waals surface area (Å²) in [5.74, 6) is 0.126. The van der Waals surface area contributed by atoms with Gasteiger partial charge in [0.25, 0.3) is 5.56 Å². The molecule has 3 rings (SSSR count). The van der Waals surface area contributed by atoms with Crippen LogP contribution >= 0.6 is 0 Å². The fraction of sp³-hybridized carbons (Fsp3) is 0.462. The van der Waals surface area contributed by atoms with Crippen molar-refractivity contribution in [2.24, 2.45) is 5.92 Å². The maximum Gasteiger partial charge on any atom is 0.507 e. The van der Waals surface area contributed by atoms with Gasteiger partial charge >= 0.3 is 6.16 Å². The molecular formula is C13H16N6O4. The van der Waals surface area contributed by atoms with Gasteiger partial charge in [-0.2, -0.15) is 9.78 Å². The average Bonchev–Trinajstić information content (AvgIpc) is 2.97. The van der Waals surface area contributed by atoms with E-state index in [1.54, 1.807) is 0 Å². The predicted octanol–water partition coefficient (Wildman–Crippen LogP) is 0.387. The monoisotopic (exact) mass is 320 g/mol. The van der Waals surface area contributed by atoms with Crippen molar-refractivity contribution >= 4 is 23.3 Å². The molecule has 0 amide bonds. The number of carbonyl (C=O) groups excluding carboxylic acids is 1. The van der Waals surface area contributed by atoms with E-state index in [1.807, 2.05) is 12.2 Å². The number of methoxy groups -OCH3 is 1. The maximum absolute atomic E-state index is 11.8. The third kappa shape index (κ3) is 3.15. The zero-order valence-electron chi connectivity index (χ0n) is 12.4. The first-order valence-corrected chi connectivity index (χ1v) is 7.08. The van der Waals surface area contributed by atoms with Gasteiger partial charge in [0.05, 0.1) is 13.2 Å². The van der Waals surface area contributed by atoms with E-state index >= 15 is 0 Å². The van der Waals surface area contributed by atoms with Crippen LogP contribution in [0.15, 0.2) is 16.9 Å². The lowest BCUT2D eigenvalue weighted by atomic mass is 9.94. The minimum atomic E-state index is -0.691. The Morgan fingerprint density at radius 2 is 2.26 bits per heavy atom. The molecular weight excluding hydrogens is 304 g/mol. The maximum atomic E-state index is 11.8. The van der Waals surface area contributed by atoms with Crippen LogP contribution < -0.4 is 11.3 Å². The van der Waals surface area contributed by atoms with Gasteiger partial charge in [-0.05, 0) is 12.8 Å². The Morgan fingerprint density at radius 1 is 1.43 bits per heavy atom. The lowest BCUT2D eigenvalue weighted by molar-refractivity contribution is 0.0628. The first kappa shape index (κ1) is 15.0. The Bertz CT molecular complexity index is 810. The highest BCUT2D eigenvalue weighted by Crippen LogP contribution is 2.25. The molecule has 1 aliphatic carbocycles. The lowest BCUT2D eigenvalue weighted by Gasteiger charge is -2.21. The number of fused-ring (bicyclic) bond motifs is 1. The van der Waals surface area contributed by atoms with E-state index < -0.39 is 11.7 Å². The Labute approximate surface area is 130 Å². The third-order valence-corrected chi connectivity index (χ3v) is 3.61. The van der Waals surface area contributed by atoms with E-state index in [2.05, 4.69) is 24.9 Å². The highest BCUT2D eigenvalue weighted by Gasteiger charge is 2.21. The number of nitrogen functional groups attached to an aromatic ring is 1. The Balaban J connectivity index is 1.73. The van der Waals surface area contributed by atoms with Gasteiger partial charge in [0.15, 0.2) is 5.52 Å². The summed E-state index contributed by atoms with van der Waals surface area (Å²) in [6, 6.07) is -0.0841. The minimum absolute atomic E-state index is 0.00811. The normalized spacial score (nSPS) is 20.6. The van der Waals surface area contributed by atoms with Gasteiger partial charge < -0.3 is 15.2 Å². The van der Waals surface area contributed by atoms with Crippen LogP contribution in [0.3, 0.4) is 0 Å². The number of hydrogen-bond acceptors (Lipinski definition) is 8. The molecule has 0 saturated carbocycles. The summed E-state index contributed by atoms with van der Waals surface area (Å²) in [6.45, 7) is 0.266. The van der Waals surface area contributed by atoms with Gasteiger partial charge in [0.1, 0.15) is 6.61 Å². The van der Waals surface area contributed by atoms with E-state index in [0.717, 1.165) is 12.8 Å². The van der Waals surface area contributed by atoms with Crippen molar-refractivity contribution in [3.63, 3.8) is 0 Å². The third-order valence-electron chi connectivity index (χ3n) is 3.61. The second-order valence-electron chi connectivity index (χ2n) is 5.20. The van der Waals surface area contributed by atoms with E-state index in [0.29, 0.717) is 0 Å². The topological polar surface area (TPSA) is 138 Å². The molecule has 0 spiro atoms. The van der Waals surface area contributed by atoms with Crippen LogP contribution in [0.4, 0.5) is 10.7 Å². The fourth-order valence-electron chi connectivity index (χ4n) is 2.43. The first-order chi connectivity index (χ1) is 11.1. The van der Waals surface area contributed by atoms with Crippen LogP contribution in [0.5, 0.6) is 0 Å². The highest BCUT2D eigenvalue weighted by molar-refractivity contribution is 5.68. The smallest absolute Gasteiger partial charge is 0.438 e. The summed E-state index contributed by atoms with van der Waals surface area (Å²) in [5, 5.41) is 8.39. The number of hydrogen-bond donors (Lipinski definition) is 2. The number of H-pyrrole nitrogens is 1. The predicted molar refractivity (Wildman–Crippen MR) is 79.6 cm³/mol. The molecule has 2 aromatic rings. The van der Waals surface area contributed by atoms with Crippen LogP contribution in [0, 0.1) is 5.92 Å². The molecule has 10 heteroatoms. The van der Waals surface area contributed by atoms with Gasteiger partial charge in [-0.3, -0.25) is 9.78 Å². The van der Waals surface area contributed by atoms with Crippen LogP contribution in [-0.2, 0) is 9.47 Å². The number of ether oxygens (including phenoxy) is 2. The summed E-state index contributed by atoms with van der Waals surface area (Å²) in [6.07, 6.45) is 4.72. The lowest BCUT2D eigenvalue weighted by Crippen LogP contribution is -2.19. The number of aromatic nitrogens is 5.